The van der Waals surface area contributed by atoms with Crippen LogP contribution < -0.4 is 10.6 Å². The summed E-state index contributed by atoms with van der Waals surface area (Å²) >= 11 is 7.28. The van der Waals surface area contributed by atoms with E-state index < -0.39 is 0 Å². The first-order chi connectivity index (χ1) is 9.66. The van der Waals surface area contributed by atoms with Gasteiger partial charge in [0.15, 0.2) is 5.15 Å². The Labute approximate surface area is 124 Å². The van der Waals surface area contributed by atoms with E-state index in [1.54, 1.807) is 30.1 Å². The molecule has 0 unspecified atom stereocenters. The molecule has 0 aliphatic rings. The molecule has 2 N–H and O–H groups in total. The van der Waals surface area contributed by atoms with Crippen molar-refractivity contribution >= 4 is 35.1 Å². The largest absolute Gasteiger partial charge is 0.337 e. The zero-order valence-corrected chi connectivity index (χ0v) is 12.1. The van der Waals surface area contributed by atoms with Crippen LogP contribution in [0.1, 0.15) is 0 Å². The molecule has 10 heteroatoms. The third-order valence-corrected chi connectivity index (χ3v) is 3.52. The third kappa shape index (κ3) is 4.07. The molecule has 0 spiro atoms. The van der Waals surface area contributed by atoms with Crippen LogP contribution in [0.25, 0.3) is 0 Å². The van der Waals surface area contributed by atoms with Crippen LogP contribution in [-0.2, 0) is 7.05 Å². The van der Waals surface area contributed by atoms with Gasteiger partial charge in [-0.05, 0) is 22.6 Å². The van der Waals surface area contributed by atoms with Gasteiger partial charge in [0.2, 0.25) is 5.16 Å². The number of nitrogens with zero attached hydrogens (tertiary/aromatic N) is 5. The summed E-state index contributed by atoms with van der Waals surface area (Å²) in [6.45, 7) is 0.473. The van der Waals surface area contributed by atoms with E-state index in [9.17, 15) is 4.79 Å². The number of carbonyl (C=O) groups is 1. The smallest absolute Gasteiger partial charge is 0.319 e. The first-order valence-corrected chi connectivity index (χ1v) is 7.03. The second-order valence-electron chi connectivity index (χ2n) is 3.66. The number of carbonyl (C=O) groups excluding carboxylic acids is 1. The predicted molar refractivity (Wildman–Crippen MR) is 75.8 cm³/mol. The molecule has 2 rings (SSSR count). The number of amides is 2. The lowest BCUT2D eigenvalue weighted by atomic mass is 10.4. The number of aryl methyl sites for hydroxylation is 1. The highest BCUT2D eigenvalue weighted by Crippen LogP contribution is 2.17. The minimum atomic E-state index is -0.336. The maximum Gasteiger partial charge on any atom is 0.319 e. The van der Waals surface area contributed by atoms with Crippen LogP contribution in [0.4, 0.5) is 10.5 Å². The van der Waals surface area contributed by atoms with Gasteiger partial charge in [-0.25, -0.2) is 14.5 Å². The van der Waals surface area contributed by atoms with Crippen molar-refractivity contribution in [3.63, 3.8) is 0 Å². The maximum atomic E-state index is 11.6. The Bertz CT molecular complexity index is 590. The third-order valence-electron chi connectivity index (χ3n) is 2.21. The number of rotatable bonds is 5. The molecule has 0 saturated heterocycles. The summed E-state index contributed by atoms with van der Waals surface area (Å²) in [5, 5.41) is 17.3. The van der Waals surface area contributed by atoms with Gasteiger partial charge in [-0.2, -0.15) is 0 Å². The minimum Gasteiger partial charge on any atom is -0.337 e. The highest BCUT2D eigenvalue weighted by atomic mass is 35.5. The van der Waals surface area contributed by atoms with Gasteiger partial charge in [-0.1, -0.05) is 23.4 Å². The van der Waals surface area contributed by atoms with E-state index in [-0.39, 0.29) is 11.2 Å². The number of halogens is 1. The lowest BCUT2D eigenvalue weighted by Gasteiger charge is -2.07. The highest BCUT2D eigenvalue weighted by molar-refractivity contribution is 7.99. The quantitative estimate of drug-likeness (QED) is 0.488. The van der Waals surface area contributed by atoms with Crippen molar-refractivity contribution in [2.45, 2.75) is 5.16 Å². The van der Waals surface area contributed by atoms with E-state index in [1.807, 2.05) is 0 Å². The van der Waals surface area contributed by atoms with E-state index in [0.717, 1.165) is 0 Å². The molecule has 0 fully saturated rings. The molecule has 0 bridgehead atoms. The van der Waals surface area contributed by atoms with Crippen molar-refractivity contribution in [2.24, 2.45) is 7.05 Å². The topological polar surface area (TPSA) is 97.6 Å². The SMILES string of the molecule is Cn1nnnc1SCCNC(=O)Nc1cccnc1Cl. The van der Waals surface area contributed by atoms with Crippen LogP contribution in [0.3, 0.4) is 0 Å². The maximum absolute atomic E-state index is 11.6. The Kier molecular flexibility index (Phi) is 5.13. The van der Waals surface area contributed by atoms with Crippen molar-refractivity contribution in [2.75, 3.05) is 17.6 Å². The van der Waals surface area contributed by atoms with Crippen LogP contribution >= 0.6 is 23.4 Å². The van der Waals surface area contributed by atoms with Gasteiger partial charge in [0.25, 0.3) is 0 Å². The van der Waals surface area contributed by atoms with Gasteiger partial charge in [0, 0.05) is 25.5 Å². The molecule has 0 radical (unpaired) electrons. The Hall–Kier alpha value is -1.87. The van der Waals surface area contributed by atoms with E-state index in [1.165, 1.54) is 11.8 Å². The van der Waals surface area contributed by atoms with Crippen LogP contribution in [0.15, 0.2) is 23.5 Å². The van der Waals surface area contributed by atoms with Gasteiger partial charge < -0.3 is 10.6 Å². The summed E-state index contributed by atoms with van der Waals surface area (Å²) in [5.74, 6) is 0.655. The number of anilines is 1. The average molecular weight is 314 g/mol. The molecule has 0 atom stereocenters. The summed E-state index contributed by atoms with van der Waals surface area (Å²) < 4.78 is 1.57. The number of hydrogen-bond donors (Lipinski definition) is 2. The molecular formula is C10H12ClN7OS. The van der Waals surface area contributed by atoms with Crippen LogP contribution in [0, 0.1) is 0 Å². The normalized spacial score (nSPS) is 10.3. The fraction of sp³-hybridized carbons (Fsp3) is 0.300. The first kappa shape index (κ1) is 14.5. The highest BCUT2D eigenvalue weighted by Gasteiger charge is 2.06. The van der Waals surface area contributed by atoms with Crippen LogP contribution in [-0.4, -0.2) is 43.5 Å². The Balaban J connectivity index is 1.71. The molecule has 2 aromatic heterocycles. The van der Waals surface area contributed by atoms with Crippen molar-refractivity contribution < 1.29 is 4.79 Å². The summed E-state index contributed by atoms with van der Waals surface area (Å²) in [5.41, 5.74) is 0.469. The molecule has 0 aliphatic carbocycles. The first-order valence-electron chi connectivity index (χ1n) is 5.67. The number of urea groups is 1. The fourth-order valence-corrected chi connectivity index (χ4v) is 2.17. The average Bonchev–Trinajstić information content (AvgIpc) is 2.83. The van der Waals surface area contributed by atoms with E-state index in [0.29, 0.717) is 23.1 Å². The summed E-state index contributed by atoms with van der Waals surface area (Å²) in [6, 6.07) is 3.03. The number of nitrogens with one attached hydrogen (secondary N) is 2. The molecule has 0 aromatic carbocycles. The van der Waals surface area contributed by atoms with Crippen molar-refractivity contribution in [3.05, 3.63) is 23.5 Å². The number of tetrazole rings is 1. The molecule has 8 nitrogen and oxygen atoms in total. The molecule has 2 amide bonds. The van der Waals surface area contributed by atoms with Gasteiger partial charge in [-0.3, -0.25) is 0 Å². The van der Waals surface area contributed by atoms with Gasteiger partial charge in [0.05, 0.1) is 5.69 Å². The molecule has 2 aromatic rings. The predicted octanol–water partition coefficient (Wildman–Crippen LogP) is 1.17. The van der Waals surface area contributed by atoms with Crippen molar-refractivity contribution in [3.8, 4) is 0 Å². The number of pyridine rings is 1. The van der Waals surface area contributed by atoms with E-state index >= 15 is 0 Å². The monoisotopic (exact) mass is 313 g/mol. The number of hydrogen-bond acceptors (Lipinski definition) is 6. The molecule has 106 valence electrons. The van der Waals surface area contributed by atoms with Gasteiger partial charge in [-0.15, -0.1) is 5.10 Å². The zero-order valence-electron chi connectivity index (χ0n) is 10.6. The standard InChI is InChI=1S/C10H12ClN7OS/c1-18-10(15-16-17-18)20-6-5-13-9(19)14-7-3-2-4-12-8(7)11/h2-4H,5-6H2,1H3,(H2,13,14,19). The lowest BCUT2D eigenvalue weighted by Crippen LogP contribution is -2.30. The van der Waals surface area contributed by atoms with Crippen LogP contribution in [0.5, 0.6) is 0 Å². The Morgan fingerprint density at radius 2 is 2.40 bits per heavy atom. The molecular weight excluding hydrogens is 302 g/mol. The summed E-state index contributed by atoms with van der Waals surface area (Å²) in [6.07, 6.45) is 1.55. The Morgan fingerprint density at radius 3 is 3.10 bits per heavy atom. The van der Waals surface area contributed by atoms with Crippen LogP contribution in [0.2, 0.25) is 5.15 Å². The Morgan fingerprint density at radius 1 is 1.55 bits per heavy atom. The summed E-state index contributed by atoms with van der Waals surface area (Å²) in [4.78, 5) is 15.5. The zero-order chi connectivity index (χ0) is 14.4. The van der Waals surface area contributed by atoms with Gasteiger partial charge in [0.1, 0.15) is 0 Å². The minimum absolute atomic E-state index is 0.252. The van der Waals surface area contributed by atoms with E-state index in [4.69, 9.17) is 11.6 Å². The van der Waals surface area contributed by atoms with E-state index in [2.05, 4.69) is 31.1 Å². The van der Waals surface area contributed by atoms with Gasteiger partial charge >= 0.3 is 6.03 Å². The van der Waals surface area contributed by atoms with Crippen molar-refractivity contribution in [1.29, 1.82) is 0 Å². The number of thioether (sulfide) groups is 1. The molecule has 0 saturated carbocycles. The second-order valence-corrected chi connectivity index (χ2v) is 5.08. The fourth-order valence-electron chi connectivity index (χ4n) is 1.30. The number of aromatic nitrogens is 5. The van der Waals surface area contributed by atoms with Crippen molar-refractivity contribution in [1.82, 2.24) is 30.5 Å². The molecule has 0 aliphatic heterocycles. The lowest BCUT2D eigenvalue weighted by molar-refractivity contribution is 0.252. The molecule has 20 heavy (non-hydrogen) atoms. The second kappa shape index (κ2) is 7.06. The summed E-state index contributed by atoms with van der Waals surface area (Å²) in [7, 11) is 1.76. The molecule has 2 heterocycles.